The van der Waals surface area contributed by atoms with Crippen molar-refractivity contribution < 1.29 is 46.1 Å². The number of benzene rings is 3. The highest BCUT2D eigenvalue weighted by atomic mass is 19.4. The molecule has 0 radical (unpaired) electrons. The lowest BCUT2D eigenvalue weighted by Crippen LogP contribution is -2.28. The molecule has 0 fully saturated rings. The quantitative estimate of drug-likeness (QED) is 0.119. The number of rotatable bonds is 16. The summed E-state index contributed by atoms with van der Waals surface area (Å²) in [6, 6.07) is 13.9. The zero-order valence-electron chi connectivity index (χ0n) is 26.0. The maximum absolute atomic E-state index is 15.1. The molecule has 3 aromatic carbocycles. The number of carbonyl (C=O) groups is 2. The van der Waals surface area contributed by atoms with E-state index < -0.39 is 65.7 Å². The van der Waals surface area contributed by atoms with Crippen molar-refractivity contribution in [2.45, 2.75) is 102 Å². The standard InChI is InChI=1S/C36H40F6O4/c1-3-5-7-12-16-28(35(37,38)39)27-22-26(23-14-10-9-11-15-23)30(24-18-20-25(21-19-24)33(43)44)32(31(27)34(45)46)29(36(40,41)42)17-13-8-6-4-2/h9-11,14-15,18-22,28-29H,3-8,12-13,16-17H2,1-2H3,(H,43,44)(H,45,46)/t28-,29-/m1/s1. The summed E-state index contributed by atoms with van der Waals surface area (Å²) in [6.45, 7) is 3.78. The van der Waals surface area contributed by atoms with Gasteiger partial charge in [0.05, 0.1) is 23.0 Å². The second-order valence-corrected chi connectivity index (χ2v) is 11.6. The van der Waals surface area contributed by atoms with E-state index in [1.54, 1.807) is 30.3 Å². The maximum atomic E-state index is 15.1. The largest absolute Gasteiger partial charge is 0.478 e. The van der Waals surface area contributed by atoms with Crippen molar-refractivity contribution in [3.63, 3.8) is 0 Å². The summed E-state index contributed by atoms with van der Waals surface area (Å²) in [7, 11) is 0. The van der Waals surface area contributed by atoms with Crippen LogP contribution in [0.3, 0.4) is 0 Å². The van der Waals surface area contributed by atoms with Crippen LogP contribution in [0.5, 0.6) is 0 Å². The predicted octanol–water partition coefficient (Wildman–Crippen LogP) is 11.6. The molecular formula is C36H40F6O4. The van der Waals surface area contributed by atoms with Crippen LogP contribution in [0.25, 0.3) is 22.3 Å². The lowest BCUT2D eigenvalue weighted by atomic mass is 9.75. The smallest absolute Gasteiger partial charge is 0.395 e. The second-order valence-electron chi connectivity index (χ2n) is 11.6. The summed E-state index contributed by atoms with van der Waals surface area (Å²) in [6.07, 6.45) is -7.04. The number of halogens is 6. The molecule has 0 saturated heterocycles. The van der Waals surface area contributed by atoms with Gasteiger partial charge in [-0.3, -0.25) is 0 Å². The molecule has 0 saturated carbocycles. The number of carboxylic acid groups (broad SMARTS) is 2. The van der Waals surface area contributed by atoms with Gasteiger partial charge in [-0.25, -0.2) is 9.59 Å². The lowest BCUT2D eigenvalue weighted by Gasteiger charge is -2.31. The van der Waals surface area contributed by atoms with Crippen LogP contribution in [-0.4, -0.2) is 34.5 Å². The molecule has 0 bridgehead atoms. The van der Waals surface area contributed by atoms with Crippen LogP contribution in [-0.2, 0) is 0 Å². The third-order valence-corrected chi connectivity index (χ3v) is 8.32. The summed E-state index contributed by atoms with van der Waals surface area (Å²) in [5.41, 5.74) is -2.35. The number of hydrogen-bond donors (Lipinski definition) is 2. The second kappa shape index (κ2) is 16.1. The third kappa shape index (κ3) is 9.13. The number of unbranched alkanes of at least 4 members (excludes halogenated alkanes) is 6. The van der Waals surface area contributed by atoms with Crippen LogP contribution in [0.1, 0.15) is 122 Å². The zero-order valence-corrected chi connectivity index (χ0v) is 26.0. The molecule has 0 heterocycles. The molecule has 3 rings (SSSR count). The van der Waals surface area contributed by atoms with Crippen molar-refractivity contribution in [1.29, 1.82) is 0 Å². The van der Waals surface area contributed by atoms with E-state index in [0.717, 1.165) is 18.9 Å². The molecule has 0 spiro atoms. The number of aromatic carboxylic acids is 2. The van der Waals surface area contributed by atoms with Crippen molar-refractivity contribution in [3.8, 4) is 22.3 Å². The third-order valence-electron chi connectivity index (χ3n) is 8.32. The molecule has 0 aliphatic carbocycles. The van der Waals surface area contributed by atoms with Gasteiger partial charge < -0.3 is 10.2 Å². The van der Waals surface area contributed by atoms with E-state index in [9.17, 15) is 33.0 Å². The van der Waals surface area contributed by atoms with E-state index in [0.29, 0.717) is 31.2 Å². The molecule has 4 nitrogen and oxygen atoms in total. The summed E-state index contributed by atoms with van der Waals surface area (Å²) in [4.78, 5) is 24.6. The van der Waals surface area contributed by atoms with Crippen molar-refractivity contribution in [2.75, 3.05) is 0 Å². The van der Waals surface area contributed by atoms with Gasteiger partial charge in [-0.1, -0.05) is 108 Å². The molecular weight excluding hydrogens is 610 g/mol. The van der Waals surface area contributed by atoms with E-state index in [-0.39, 0.29) is 35.1 Å². The highest BCUT2D eigenvalue weighted by Crippen LogP contribution is 2.52. The molecule has 2 N–H and O–H groups in total. The van der Waals surface area contributed by atoms with E-state index in [1.807, 2.05) is 13.8 Å². The van der Waals surface area contributed by atoms with Gasteiger partial charge in [-0.2, -0.15) is 26.3 Å². The number of hydrogen-bond acceptors (Lipinski definition) is 2. The molecule has 0 unspecified atom stereocenters. The van der Waals surface area contributed by atoms with Crippen LogP contribution in [0.15, 0.2) is 60.7 Å². The Labute approximate surface area is 265 Å². The molecule has 0 amide bonds. The molecule has 10 heteroatoms. The molecule has 3 aromatic rings. The first kappa shape index (κ1) is 36.6. The fourth-order valence-corrected chi connectivity index (χ4v) is 6.04. The zero-order chi connectivity index (χ0) is 34.1. The average Bonchev–Trinajstić information content (AvgIpc) is 2.99. The van der Waals surface area contributed by atoms with Crippen LogP contribution in [0.2, 0.25) is 0 Å². The van der Waals surface area contributed by atoms with Gasteiger partial charge in [0, 0.05) is 0 Å². The molecule has 0 aromatic heterocycles. The minimum absolute atomic E-state index is 0.0179. The van der Waals surface area contributed by atoms with Gasteiger partial charge in [-0.15, -0.1) is 0 Å². The van der Waals surface area contributed by atoms with E-state index in [2.05, 4.69) is 0 Å². The van der Waals surface area contributed by atoms with E-state index in [4.69, 9.17) is 0 Å². The van der Waals surface area contributed by atoms with Crippen LogP contribution in [0.4, 0.5) is 26.3 Å². The van der Waals surface area contributed by atoms with Crippen molar-refractivity contribution in [2.24, 2.45) is 0 Å². The predicted molar refractivity (Wildman–Crippen MR) is 166 cm³/mol. The average molecular weight is 651 g/mol. The minimum atomic E-state index is -4.99. The van der Waals surface area contributed by atoms with Gasteiger partial charge in [-0.05, 0) is 64.4 Å². The first-order valence-corrected chi connectivity index (χ1v) is 15.7. The SMILES string of the molecule is CCCCCC[C@H](c1cc(-c2ccccc2)c(-c2ccc(C(=O)O)cc2)c([C@@H](CCCCCC)C(F)(F)F)c1C(=O)O)C(F)(F)F. The topological polar surface area (TPSA) is 74.6 Å². The summed E-state index contributed by atoms with van der Waals surface area (Å²) < 4.78 is 89.8. The molecule has 0 aliphatic heterocycles. The Kier molecular flexibility index (Phi) is 12.9. The lowest BCUT2D eigenvalue weighted by molar-refractivity contribution is -0.153. The normalized spacial score (nSPS) is 13.4. The molecule has 0 aliphatic rings. The Morgan fingerprint density at radius 3 is 1.63 bits per heavy atom. The summed E-state index contributed by atoms with van der Waals surface area (Å²) >= 11 is 0. The first-order valence-electron chi connectivity index (χ1n) is 15.7. The highest BCUT2D eigenvalue weighted by Gasteiger charge is 2.48. The van der Waals surface area contributed by atoms with E-state index in [1.165, 1.54) is 24.3 Å². The van der Waals surface area contributed by atoms with Gasteiger partial charge in [0.15, 0.2) is 0 Å². The van der Waals surface area contributed by atoms with Crippen LogP contribution >= 0.6 is 0 Å². The molecule has 2 atom stereocenters. The number of carboxylic acids is 2. The van der Waals surface area contributed by atoms with Gasteiger partial charge in [0.2, 0.25) is 0 Å². The number of alkyl halides is 6. The Balaban J connectivity index is 2.54. The van der Waals surface area contributed by atoms with Crippen molar-refractivity contribution in [1.82, 2.24) is 0 Å². The fourth-order valence-electron chi connectivity index (χ4n) is 6.04. The van der Waals surface area contributed by atoms with Gasteiger partial charge in [0.1, 0.15) is 0 Å². The Morgan fingerprint density at radius 1 is 0.652 bits per heavy atom. The molecule has 250 valence electrons. The van der Waals surface area contributed by atoms with Crippen molar-refractivity contribution in [3.05, 3.63) is 82.9 Å². The minimum Gasteiger partial charge on any atom is -0.478 e. The first-order chi connectivity index (χ1) is 21.7. The van der Waals surface area contributed by atoms with Gasteiger partial charge in [0.25, 0.3) is 0 Å². The molecule has 46 heavy (non-hydrogen) atoms. The monoisotopic (exact) mass is 650 g/mol. The van der Waals surface area contributed by atoms with E-state index >= 15 is 13.2 Å². The maximum Gasteiger partial charge on any atom is 0.395 e. The highest BCUT2D eigenvalue weighted by molar-refractivity contribution is 5.99. The Hall–Kier alpha value is -3.82. The van der Waals surface area contributed by atoms with Gasteiger partial charge >= 0.3 is 24.3 Å². The summed E-state index contributed by atoms with van der Waals surface area (Å²) in [5.74, 6) is -7.86. The Bertz CT molecular complexity index is 1450. The summed E-state index contributed by atoms with van der Waals surface area (Å²) in [5, 5.41) is 20.0. The van der Waals surface area contributed by atoms with Crippen LogP contribution in [0, 0.1) is 0 Å². The van der Waals surface area contributed by atoms with Crippen molar-refractivity contribution >= 4 is 11.9 Å². The van der Waals surface area contributed by atoms with Crippen LogP contribution < -0.4 is 0 Å². The Morgan fingerprint density at radius 2 is 1.17 bits per heavy atom. The fraction of sp³-hybridized carbons (Fsp3) is 0.444.